The number of carboxylic acid groups (broad SMARTS) is 1. The minimum atomic E-state index is -1.17. The summed E-state index contributed by atoms with van der Waals surface area (Å²) in [6.45, 7) is 10.6. The molecule has 0 saturated carbocycles. The molecule has 4 aromatic rings. The molecule has 4 rings (SSSR count). The molecule has 0 fully saturated rings. The van der Waals surface area contributed by atoms with E-state index in [1.54, 1.807) is 24.5 Å². The van der Waals surface area contributed by atoms with Gasteiger partial charge in [0, 0.05) is 35.5 Å². The third-order valence-electron chi connectivity index (χ3n) is 8.37. The summed E-state index contributed by atoms with van der Waals surface area (Å²) in [5.41, 5.74) is 4.86. The maximum absolute atomic E-state index is 13.2. The fraction of sp³-hybridized carbons (Fsp3) is 0.375. The smallest absolute Gasteiger partial charge is 0.325 e. The van der Waals surface area contributed by atoms with Gasteiger partial charge in [-0.25, -0.2) is 9.97 Å². The Morgan fingerprint density at radius 1 is 0.776 bits per heavy atom. The van der Waals surface area contributed by atoms with E-state index in [1.165, 1.54) is 32.6 Å². The number of carboxylic acids is 1. The van der Waals surface area contributed by atoms with Gasteiger partial charge >= 0.3 is 5.97 Å². The molecule has 0 unspecified atom stereocenters. The van der Waals surface area contributed by atoms with Crippen molar-refractivity contribution < 1.29 is 24.2 Å². The van der Waals surface area contributed by atoms with Gasteiger partial charge in [-0.3, -0.25) is 14.4 Å². The summed E-state index contributed by atoms with van der Waals surface area (Å²) in [6.07, 6.45) is 9.73. The SMILES string of the molecule is CCCCCCCOc1ccc(-c2cnc(-c3ccc(C[C@H](NC(=O)c4ccc(C(C)(C)C)cc4)C(=O)N[C@H](C)C(=O)O)cc3)nc2)cc1. The lowest BCUT2D eigenvalue weighted by Crippen LogP contribution is -2.51. The van der Waals surface area contributed by atoms with Crippen molar-refractivity contribution in [2.75, 3.05) is 6.61 Å². The van der Waals surface area contributed by atoms with Crippen LogP contribution in [0.25, 0.3) is 22.5 Å². The van der Waals surface area contributed by atoms with Crippen LogP contribution in [-0.4, -0.2) is 51.5 Å². The van der Waals surface area contributed by atoms with Crippen LogP contribution in [0.2, 0.25) is 0 Å². The van der Waals surface area contributed by atoms with E-state index in [-0.39, 0.29) is 11.8 Å². The number of aromatic nitrogens is 2. The number of aliphatic carboxylic acids is 1. The molecule has 1 aromatic heterocycles. The van der Waals surface area contributed by atoms with Gasteiger partial charge in [-0.05, 0) is 59.7 Å². The van der Waals surface area contributed by atoms with Crippen LogP contribution in [0.4, 0.5) is 0 Å². The summed E-state index contributed by atoms with van der Waals surface area (Å²) in [7, 11) is 0. The lowest BCUT2D eigenvalue weighted by atomic mass is 9.86. The molecule has 1 heterocycles. The average molecular weight is 665 g/mol. The highest BCUT2D eigenvalue weighted by Gasteiger charge is 2.25. The van der Waals surface area contributed by atoms with E-state index in [0.717, 1.165) is 46.6 Å². The normalized spacial score (nSPS) is 12.5. The number of carbonyl (C=O) groups is 3. The highest BCUT2D eigenvalue weighted by Crippen LogP contribution is 2.24. The van der Waals surface area contributed by atoms with E-state index in [4.69, 9.17) is 4.74 Å². The van der Waals surface area contributed by atoms with Crippen LogP contribution in [0.15, 0.2) is 85.2 Å². The number of unbranched alkanes of at least 4 members (excludes halogenated alkanes) is 4. The first-order valence-electron chi connectivity index (χ1n) is 17.0. The Balaban J connectivity index is 1.40. The summed E-state index contributed by atoms with van der Waals surface area (Å²) in [6, 6.07) is 20.5. The van der Waals surface area contributed by atoms with Gasteiger partial charge in [0.2, 0.25) is 5.91 Å². The molecule has 0 bridgehead atoms. The molecule has 258 valence electrons. The second-order valence-electron chi connectivity index (χ2n) is 13.4. The first-order chi connectivity index (χ1) is 23.4. The van der Waals surface area contributed by atoms with Gasteiger partial charge in [0.1, 0.15) is 17.8 Å². The highest BCUT2D eigenvalue weighted by atomic mass is 16.5. The van der Waals surface area contributed by atoms with Crippen molar-refractivity contribution in [1.82, 2.24) is 20.6 Å². The van der Waals surface area contributed by atoms with Gasteiger partial charge < -0.3 is 20.5 Å². The summed E-state index contributed by atoms with van der Waals surface area (Å²) >= 11 is 0. The molecule has 0 aliphatic rings. The van der Waals surface area contributed by atoms with Crippen molar-refractivity contribution in [2.24, 2.45) is 0 Å². The number of nitrogens with one attached hydrogen (secondary N) is 2. The first kappa shape index (κ1) is 36.8. The minimum Gasteiger partial charge on any atom is -0.494 e. The largest absolute Gasteiger partial charge is 0.494 e. The van der Waals surface area contributed by atoms with Gasteiger partial charge in [0.05, 0.1) is 6.61 Å². The standard InChI is InChI=1S/C40H48N4O5/c1-6-7-8-9-10-23-49-34-21-17-29(18-22-34)32-25-41-36(42-26-32)30-13-11-28(12-14-30)24-35(38(46)43-27(2)39(47)48)44-37(45)31-15-19-33(20-16-31)40(3,4)5/h11-22,25-27,35H,6-10,23-24H2,1-5H3,(H,43,46)(H,44,45)(H,47,48)/t27-,35+/m1/s1. The number of ether oxygens (including phenoxy) is 1. The zero-order valence-electron chi connectivity index (χ0n) is 29.2. The second kappa shape index (κ2) is 17.4. The molecule has 9 heteroatoms. The van der Waals surface area contributed by atoms with E-state index < -0.39 is 29.9 Å². The maximum Gasteiger partial charge on any atom is 0.325 e. The zero-order valence-corrected chi connectivity index (χ0v) is 29.2. The first-order valence-corrected chi connectivity index (χ1v) is 17.0. The number of hydrogen-bond donors (Lipinski definition) is 3. The molecular weight excluding hydrogens is 616 g/mol. The van der Waals surface area contributed by atoms with Crippen molar-refractivity contribution in [3.05, 3.63) is 102 Å². The average Bonchev–Trinajstić information content (AvgIpc) is 3.09. The third kappa shape index (κ3) is 11.0. The molecule has 2 atom stereocenters. The zero-order chi connectivity index (χ0) is 35.4. The predicted octanol–water partition coefficient (Wildman–Crippen LogP) is 7.39. The monoisotopic (exact) mass is 664 g/mol. The summed E-state index contributed by atoms with van der Waals surface area (Å²) in [5.74, 6) is -0.772. The van der Waals surface area contributed by atoms with E-state index in [2.05, 4.69) is 48.3 Å². The number of rotatable bonds is 16. The van der Waals surface area contributed by atoms with Gasteiger partial charge in [0.25, 0.3) is 5.91 Å². The lowest BCUT2D eigenvalue weighted by molar-refractivity contribution is -0.141. The molecular formula is C40H48N4O5. The highest BCUT2D eigenvalue weighted by molar-refractivity contribution is 5.98. The van der Waals surface area contributed by atoms with Crippen molar-refractivity contribution in [2.45, 2.75) is 90.6 Å². The quantitative estimate of drug-likeness (QED) is 0.107. The minimum absolute atomic E-state index is 0.0711. The Kier molecular flexibility index (Phi) is 13.0. The predicted molar refractivity (Wildman–Crippen MR) is 192 cm³/mol. The number of carbonyl (C=O) groups excluding carboxylic acids is 2. The fourth-order valence-electron chi connectivity index (χ4n) is 5.24. The number of nitrogens with zero attached hydrogens (tertiary/aromatic N) is 2. The molecule has 49 heavy (non-hydrogen) atoms. The van der Waals surface area contributed by atoms with Crippen molar-refractivity contribution >= 4 is 17.8 Å². The Labute approximate surface area is 289 Å². The topological polar surface area (TPSA) is 131 Å². The van der Waals surface area contributed by atoms with Gasteiger partial charge in [-0.1, -0.05) is 102 Å². The Bertz CT molecular complexity index is 1660. The third-order valence-corrected chi connectivity index (χ3v) is 8.37. The number of amides is 2. The van der Waals surface area contributed by atoms with Crippen molar-refractivity contribution in [3.63, 3.8) is 0 Å². The number of hydrogen-bond acceptors (Lipinski definition) is 6. The van der Waals surface area contributed by atoms with Crippen LogP contribution in [0.5, 0.6) is 5.75 Å². The molecule has 0 spiro atoms. The van der Waals surface area contributed by atoms with Crippen LogP contribution in [0.1, 0.15) is 88.2 Å². The molecule has 0 aliphatic carbocycles. The van der Waals surface area contributed by atoms with E-state index >= 15 is 0 Å². The molecule has 0 radical (unpaired) electrons. The van der Waals surface area contributed by atoms with Gasteiger partial charge in [-0.15, -0.1) is 0 Å². The van der Waals surface area contributed by atoms with Crippen LogP contribution in [-0.2, 0) is 21.4 Å². The van der Waals surface area contributed by atoms with Gasteiger partial charge in [-0.2, -0.15) is 0 Å². The fourth-order valence-corrected chi connectivity index (χ4v) is 5.24. The Morgan fingerprint density at radius 2 is 1.39 bits per heavy atom. The number of benzene rings is 3. The molecule has 2 amide bonds. The lowest BCUT2D eigenvalue weighted by Gasteiger charge is -2.21. The Morgan fingerprint density at radius 3 is 1.98 bits per heavy atom. The molecule has 9 nitrogen and oxygen atoms in total. The van der Waals surface area contributed by atoms with Gasteiger partial charge in [0.15, 0.2) is 5.82 Å². The molecule has 0 aliphatic heterocycles. The summed E-state index contributed by atoms with van der Waals surface area (Å²) in [4.78, 5) is 46.9. The second-order valence-corrected chi connectivity index (χ2v) is 13.4. The maximum atomic E-state index is 13.2. The van der Waals surface area contributed by atoms with Crippen molar-refractivity contribution in [1.29, 1.82) is 0 Å². The molecule has 3 N–H and O–H groups in total. The van der Waals surface area contributed by atoms with Crippen LogP contribution >= 0.6 is 0 Å². The van der Waals surface area contributed by atoms with Crippen LogP contribution < -0.4 is 15.4 Å². The van der Waals surface area contributed by atoms with E-state index in [9.17, 15) is 19.5 Å². The van der Waals surface area contributed by atoms with E-state index in [1.807, 2.05) is 60.7 Å². The summed E-state index contributed by atoms with van der Waals surface area (Å²) < 4.78 is 5.88. The van der Waals surface area contributed by atoms with E-state index in [0.29, 0.717) is 11.4 Å². The molecule has 0 saturated heterocycles. The Hall–Kier alpha value is -5.05. The summed E-state index contributed by atoms with van der Waals surface area (Å²) in [5, 5.41) is 14.6. The van der Waals surface area contributed by atoms with Crippen LogP contribution in [0, 0.1) is 0 Å². The van der Waals surface area contributed by atoms with Crippen molar-refractivity contribution in [3.8, 4) is 28.3 Å². The van der Waals surface area contributed by atoms with Crippen LogP contribution in [0.3, 0.4) is 0 Å². The molecule has 3 aromatic carbocycles.